The van der Waals surface area contributed by atoms with Crippen molar-refractivity contribution in [3.63, 3.8) is 0 Å². The van der Waals surface area contributed by atoms with Gasteiger partial charge in [-0.2, -0.15) is 0 Å². The van der Waals surface area contributed by atoms with E-state index in [1.165, 1.54) is 0 Å². The van der Waals surface area contributed by atoms with Gasteiger partial charge in [0.05, 0.1) is 6.61 Å². The molecule has 78 valence electrons. The van der Waals surface area contributed by atoms with Crippen LogP contribution < -0.4 is 5.56 Å². The van der Waals surface area contributed by atoms with Crippen molar-refractivity contribution in [2.45, 2.75) is 6.92 Å². The number of aromatic amines is 1. The molecule has 0 aliphatic heterocycles. The molecule has 2 heterocycles. The lowest BCUT2D eigenvalue weighted by Crippen LogP contribution is -2.22. The number of hydrogen-bond donors (Lipinski definition) is 1. The first-order valence-electron chi connectivity index (χ1n) is 4.12. The van der Waals surface area contributed by atoms with Gasteiger partial charge in [0, 0.05) is 0 Å². The second kappa shape index (κ2) is 3.48. The zero-order chi connectivity index (χ0) is 10.8. The lowest BCUT2D eigenvalue weighted by atomic mass is 10.4. The fourth-order valence-electron chi connectivity index (χ4n) is 0.997. The van der Waals surface area contributed by atoms with E-state index in [0.717, 1.165) is 0 Å². The Labute approximate surface area is 82.2 Å². The van der Waals surface area contributed by atoms with E-state index in [2.05, 4.69) is 29.6 Å². The highest BCUT2D eigenvalue weighted by Crippen LogP contribution is 2.00. The molecule has 0 spiro atoms. The maximum absolute atomic E-state index is 11.3. The largest absolute Gasteiger partial charge is 0.461 e. The SMILES string of the molecule is CCOC(=O)c1nc2nonc2[nH]c1=O. The van der Waals surface area contributed by atoms with Crippen LogP contribution in [0.15, 0.2) is 9.42 Å². The molecular weight excluding hydrogens is 204 g/mol. The lowest BCUT2D eigenvalue weighted by molar-refractivity contribution is 0.0517. The van der Waals surface area contributed by atoms with Crippen molar-refractivity contribution in [3.8, 4) is 0 Å². The normalized spacial score (nSPS) is 10.5. The van der Waals surface area contributed by atoms with Gasteiger partial charge < -0.3 is 4.74 Å². The molecule has 0 aromatic carbocycles. The summed E-state index contributed by atoms with van der Waals surface area (Å²) < 4.78 is 8.96. The summed E-state index contributed by atoms with van der Waals surface area (Å²) in [6.45, 7) is 1.79. The minimum atomic E-state index is -0.802. The third-order valence-corrected chi connectivity index (χ3v) is 1.60. The number of nitrogens with one attached hydrogen (secondary N) is 1. The molecule has 0 aliphatic rings. The maximum Gasteiger partial charge on any atom is 0.362 e. The van der Waals surface area contributed by atoms with E-state index in [4.69, 9.17) is 0 Å². The molecule has 0 saturated heterocycles. The van der Waals surface area contributed by atoms with Gasteiger partial charge in [0.25, 0.3) is 5.56 Å². The predicted molar refractivity (Wildman–Crippen MR) is 46.2 cm³/mol. The van der Waals surface area contributed by atoms with Gasteiger partial charge in [0.2, 0.25) is 17.0 Å². The molecule has 1 N–H and O–H groups in total. The van der Waals surface area contributed by atoms with Crippen LogP contribution in [0.3, 0.4) is 0 Å². The van der Waals surface area contributed by atoms with Gasteiger partial charge in [-0.1, -0.05) is 0 Å². The van der Waals surface area contributed by atoms with Crippen molar-refractivity contribution in [1.82, 2.24) is 20.3 Å². The molecule has 15 heavy (non-hydrogen) atoms. The fraction of sp³-hybridized carbons (Fsp3) is 0.286. The number of hydrogen-bond acceptors (Lipinski definition) is 7. The molecule has 0 saturated carbocycles. The van der Waals surface area contributed by atoms with Crippen LogP contribution in [-0.4, -0.2) is 32.9 Å². The Bertz CT molecular complexity index is 557. The predicted octanol–water partition coefficient (Wildman–Crippen LogP) is -0.517. The Hall–Kier alpha value is -2.25. The van der Waals surface area contributed by atoms with Crippen LogP contribution in [0.4, 0.5) is 0 Å². The number of carbonyl (C=O) groups excluding carboxylic acids is 1. The number of aromatic nitrogens is 4. The van der Waals surface area contributed by atoms with Crippen molar-refractivity contribution in [2.75, 3.05) is 6.61 Å². The molecule has 2 aromatic rings. The second-order valence-corrected chi connectivity index (χ2v) is 2.57. The van der Waals surface area contributed by atoms with E-state index < -0.39 is 11.5 Å². The highest BCUT2D eigenvalue weighted by atomic mass is 16.6. The van der Waals surface area contributed by atoms with Crippen molar-refractivity contribution >= 4 is 17.3 Å². The fourth-order valence-corrected chi connectivity index (χ4v) is 0.997. The first kappa shape index (κ1) is 9.31. The monoisotopic (exact) mass is 210 g/mol. The lowest BCUT2D eigenvalue weighted by Gasteiger charge is -1.98. The topological polar surface area (TPSA) is 111 Å². The molecule has 0 fully saturated rings. The molecule has 0 unspecified atom stereocenters. The molecule has 2 rings (SSSR count). The van der Waals surface area contributed by atoms with Crippen LogP contribution in [0.25, 0.3) is 11.3 Å². The van der Waals surface area contributed by atoms with Crippen LogP contribution in [0.5, 0.6) is 0 Å². The van der Waals surface area contributed by atoms with Gasteiger partial charge in [-0.25, -0.2) is 14.4 Å². The van der Waals surface area contributed by atoms with Gasteiger partial charge in [-0.05, 0) is 17.2 Å². The molecule has 0 radical (unpaired) electrons. The van der Waals surface area contributed by atoms with E-state index in [0.29, 0.717) is 0 Å². The van der Waals surface area contributed by atoms with E-state index in [1.807, 2.05) is 0 Å². The molecule has 8 nitrogen and oxygen atoms in total. The smallest absolute Gasteiger partial charge is 0.362 e. The van der Waals surface area contributed by atoms with Crippen LogP contribution in [-0.2, 0) is 4.74 Å². The van der Waals surface area contributed by atoms with Gasteiger partial charge in [-0.15, -0.1) is 0 Å². The zero-order valence-electron chi connectivity index (χ0n) is 7.68. The Kier molecular flexibility index (Phi) is 2.16. The minimum Gasteiger partial charge on any atom is -0.461 e. The summed E-state index contributed by atoms with van der Waals surface area (Å²) in [5, 5.41) is 6.76. The number of carbonyl (C=O) groups is 1. The number of fused-ring (bicyclic) bond motifs is 1. The first-order chi connectivity index (χ1) is 7.22. The van der Waals surface area contributed by atoms with Gasteiger partial charge in [0.1, 0.15) is 0 Å². The quantitative estimate of drug-likeness (QED) is 0.664. The van der Waals surface area contributed by atoms with Crippen LogP contribution in [0.2, 0.25) is 0 Å². The molecule has 8 heteroatoms. The second-order valence-electron chi connectivity index (χ2n) is 2.57. The summed E-state index contributed by atoms with van der Waals surface area (Å²) in [6.07, 6.45) is 0. The van der Waals surface area contributed by atoms with Crippen LogP contribution in [0.1, 0.15) is 17.4 Å². The van der Waals surface area contributed by atoms with Crippen LogP contribution in [0, 0.1) is 0 Å². The van der Waals surface area contributed by atoms with Gasteiger partial charge >= 0.3 is 5.97 Å². The number of rotatable bonds is 2. The standard InChI is InChI=1S/C7H6N4O4/c1-2-14-7(13)3-6(12)9-5-4(8-3)10-15-11-5/h2H2,1H3,(H,9,11,12). The van der Waals surface area contributed by atoms with E-state index in [9.17, 15) is 9.59 Å². The van der Waals surface area contributed by atoms with E-state index >= 15 is 0 Å². The van der Waals surface area contributed by atoms with E-state index in [-0.39, 0.29) is 23.6 Å². The highest BCUT2D eigenvalue weighted by molar-refractivity contribution is 5.88. The average Bonchev–Trinajstić information content (AvgIpc) is 2.63. The molecular formula is C7H6N4O4. The molecule has 0 amide bonds. The molecule has 0 aliphatic carbocycles. The van der Waals surface area contributed by atoms with Crippen LogP contribution >= 0.6 is 0 Å². The van der Waals surface area contributed by atoms with Crippen molar-refractivity contribution in [2.24, 2.45) is 0 Å². The van der Waals surface area contributed by atoms with Crippen molar-refractivity contribution in [1.29, 1.82) is 0 Å². The first-order valence-corrected chi connectivity index (χ1v) is 4.12. The van der Waals surface area contributed by atoms with Gasteiger partial charge in [-0.3, -0.25) is 9.78 Å². The third kappa shape index (κ3) is 1.56. The summed E-state index contributed by atoms with van der Waals surface area (Å²) >= 11 is 0. The average molecular weight is 210 g/mol. The summed E-state index contributed by atoms with van der Waals surface area (Å²) in [6, 6.07) is 0. The van der Waals surface area contributed by atoms with Gasteiger partial charge in [0.15, 0.2) is 0 Å². The Morgan fingerprint density at radius 1 is 1.53 bits per heavy atom. The summed E-state index contributed by atoms with van der Waals surface area (Å²) in [5.74, 6) is -0.802. The number of nitrogens with zero attached hydrogens (tertiary/aromatic N) is 3. The Morgan fingerprint density at radius 2 is 2.33 bits per heavy atom. The van der Waals surface area contributed by atoms with E-state index in [1.54, 1.807) is 6.92 Å². The summed E-state index contributed by atoms with van der Waals surface area (Å²) in [5.41, 5.74) is -0.901. The maximum atomic E-state index is 11.3. The Balaban J connectivity index is 2.55. The Morgan fingerprint density at radius 3 is 3.07 bits per heavy atom. The van der Waals surface area contributed by atoms with Crippen molar-refractivity contribution in [3.05, 3.63) is 16.0 Å². The number of ether oxygens (including phenoxy) is 1. The minimum absolute atomic E-state index is 0.0534. The number of esters is 1. The number of H-pyrrole nitrogens is 1. The van der Waals surface area contributed by atoms with Crippen molar-refractivity contribution < 1.29 is 14.2 Å². The highest BCUT2D eigenvalue weighted by Gasteiger charge is 2.16. The zero-order valence-corrected chi connectivity index (χ0v) is 7.68. The molecule has 0 bridgehead atoms. The molecule has 2 aromatic heterocycles. The third-order valence-electron chi connectivity index (χ3n) is 1.60. The summed E-state index contributed by atoms with van der Waals surface area (Å²) in [7, 11) is 0. The molecule has 0 atom stereocenters. The summed E-state index contributed by atoms with van der Waals surface area (Å²) in [4.78, 5) is 28.5.